The van der Waals surface area contributed by atoms with Crippen molar-refractivity contribution in [3.63, 3.8) is 0 Å². The summed E-state index contributed by atoms with van der Waals surface area (Å²) >= 11 is 2.05. The van der Waals surface area contributed by atoms with Gasteiger partial charge in [0.2, 0.25) is 0 Å². The first-order valence-corrected chi connectivity index (χ1v) is 4.15. The minimum atomic E-state index is 0.861. The molecule has 0 aromatic rings. The van der Waals surface area contributed by atoms with Crippen molar-refractivity contribution in [1.82, 2.24) is 10.2 Å². The predicted octanol–water partition coefficient (Wildman–Crippen LogP) is -0.0780. The fourth-order valence-electron chi connectivity index (χ4n) is 1.25. The van der Waals surface area contributed by atoms with Crippen molar-refractivity contribution in [3.05, 3.63) is 0 Å². The van der Waals surface area contributed by atoms with Crippen molar-refractivity contribution in [2.45, 2.75) is 6.04 Å². The third-order valence-electron chi connectivity index (χ3n) is 1.78. The van der Waals surface area contributed by atoms with Crippen LogP contribution in [-0.2, 0) is 0 Å². The van der Waals surface area contributed by atoms with Gasteiger partial charge in [-0.1, -0.05) is 0 Å². The van der Waals surface area contributed by atoms with Gasteiger partial charge in [-0.3, -0.25) is 4.90 Å². The Morgan fingerprint density at radius 1 is 1.62 bits per heavy atom. The van der Waals surface area contributed by atoms with Crippen LogP contribution in [0.2, 0.25) is 0 Å². The van der Waals surface area contributed by atoms with E-state index in [0.29, 0.717) is 0 Å². The average molecular weight is 130 g/mol. The van der Waals surface area contributed by atoms with Gasteiger partial charge in [0.05, 0.1) is 0 Å². The van der Waals surface area contributed by atoms with E-state index in [2.05, 4.69) is 22.0 Å². The number of nitrogens with zero attached hydrogens (tertiary/aromatic N) is 1. The number of hydrogen-bond donors (Lipinski definition) is 1. The van der Waals surface area contributed by atoms with Gasteiger partial charge < -0.3 is 5.32 Å². The fourth-order valence-corrected chi connectivity index (χ4v) is 2.50. The van der Waals surface area contributed by atoms with Crippen LogP contribution in [0.25, 0.3) is 0 Å². The first kappa shape index (κ1) is 5.09. The van der Waals surface area contributed by atoms with Gasteiger partial charge in [-0.15, -0.1) is 11.8 Å². The molecule has 8 heavy (non-hydrogen) atoms. The molecule has 0 unspecified atom stereocenters. The van der Waals surface area contributed by atoms with Crippen LogP contribution in [0.15, 0.2) is 0 Å². The van der Waals surface area contributed by atoms with Crippen LogP contribution in [0, 0.1) is 0 Å². The molecule has 3 heteroatoms. The van der Waals surface area contributed by atoms with E-state index >= 15 is 0 Å². The highest BCUT2D eigenvalue weighted by Gasteiger charge is 2.28. The van der Waals surface area contributed by atoms with E-state index in [4.69, 9.17) is 0 Å². The molecule has 0 saturated carbocycles. The van der Waals surface area contributed by atoms with E-state index in [1.807, 2.05) is 0 Å². The summed E-state index contributed by atoms with van der Waals surface area (Å²) in [6, 6.07) is 0.861. The molecule has 2 saturated heterocycles. The Labute approximate surface area is 53.6 Å². The van der Waals surface area contributed by atoms with E-state index in [0.717, 1.165) is 12.7 Å². The third-order valence-corrected chi connectivity index (χ3v) is 2.91. The highest BCUT2D eigenvalue weighted by molar-refractivity contribution is 7.99. The number of thioether (sulfide) groups is 1. The number of hydrogen-bond acceptors (Lipinski definition) is 3. The normalized spacial score (nSPS) is 38.2. The third kappa shape index (κ3) is 0.658. The summed E-state index contributed by atoms with van der Waals surface area (Å²) in [4.78, 5) is 2.49. The maximum absolute atomic E-state index is 3.34. The second kappa shape index (κ2) is 1.90. The van der Waals surface area contributed by atoms with Crippen molar-refractivity contribution >= 4 is 11.8 Å². The van der Waals surface area contributed by atoms with Crippen LogP contribution < -0.4 is 5.32 Å². The maximum atomic E-state index is 3.34. The number of fused-ring (bicyclic) bond motifs is 1. The molecule has 2 aliphatic heterocycles. The molecule has 1 N–H and O–H groups in total. The lowest BCUT2D eigenvalue weighted by atomic mass is 10.3. The summed E-state index contributed by atoms with van der Waals surface area (Å²) < 4.78 is 0. The van der Waals surface area contributed by atoms with Gasteiger partial charge in [-0.2, -0.15) is 0 Å². The SMILES string of the molecule is C1NCN2CSC[C@@H]12. The number of rotatable bonds is 0. The van der Waals surface area contributed by atoms with Crippen LogP contribution in [0.3, 0.4) is 0 Å². The highest BCUT2D eigenvalue weighted by Crippen LogP contribution is 2.21. The van der Waals surface area contributed by atoms with Crippen LogP contribution >= 0.6 is 11.8 Å². The van der Waals surface area contributed by atoms with Gasteiger partial charge in [0.1, 0.15) is 0 Å². The second-order valence-corrected chi connectivity index (χ2v) is 3.35. The lowest BCUT2D eigenvalue weighted by Gasteiger charge is -2.08. The molecular formula is C5H10N2S. The zero-order chi connectivity index (χ0) is 5.40. The molecule has 0 radical (unpaired) electrons. The zero-order valence-corrected chi connectivity index (χ0v) is 5.58. The smallest absolute Gasteiger partial charge is 0.0492 e. The van der Waals surface area contributed by atoms with E-state index in [1.54, 1.807) is 0 Å². The van der Waals surface area contributed by atoms with Crippen molar-refractivity contribution in [3.8, 4) is 0 Å². The van der Waals surface area contributed by atoms with Gasteiger partial charge >= 0.3 is 0 Å². The Balaban J connectivity index is 2.04. The molecule has 0 amide bonds. The Morgan fingerprint density at radius 3 is 3.50 bits per heavy atom. The van der Waals surface area contributed by atoms with Gasteiger partial charge in [-0.25, -0.2) is 0 Å². The van der Waals surface area contributed by atoms with E-state index < -0.39 is 0 Å². The van der Waals surface area contributed by atoms with E-state index in [9.17, 15) is 0 Å². The first-order valence-electron chi connectivity index (χ1n) is 2.99. The molecule has 46 valence electrons. The molecule has 2 fully saturated rings. The molecule has 2 rings (SSSR count). The molecule has 0 spiro atoms. The Kier molecular flexibility index (Phi) is 1.21. The molecule has 0 aromatic heterocycles. The predicted molar refractivity (Wildman–Crippen MR) is 35.8 cm³/mol. The standard InChI is InChI=1S/C5H10N2S/c1-5-2-8-4-7(5)3-6-1/h5-6H,1-4H2/t5-/m1/s1. The Morgan fingerprint density at radius 2 is 2.62 bits per heavy atom. The molecule has 0 bridgehead atoms. The molecular weight excluding hydrogens is 120 g/mol. The van der Waals surface area contributed by atoms with Crippen molar-refractivity contribution in [2.75, 3.05) is 24.8 Å². The highest BCUT2D eigenvalue weighted by atomic mass is 32.2. The molecule has 1 atom stereocenters. The van der Waals surface area contributed by atoms with Crippen molar-refractivity contribution in [1.29, 1.82) is 0 Å². The molecule has 2 aliphatic rings. The largest absolute Gasteiger partial charge is 0.303 e. The van der Waals surface area contributed by atoms with Crippen molar-refractivity contribution in [2.24, 2.45) is 0 Å². The first-order chi connectivity index (χ1) is 3.97. The summed E-state index contributed by atoms with van der Waals surface area (Å²) in [5.74, 6) is 2.59. The van der Waals surface area contributed by atoms with Gasteiger partial charge in [-0.05, 0) is 0 Å². The summed E-state index contributed by atoms with van der Waals surface area (Å²) in [6.45, 7) is 2.34. The van der Waals surface area contributed by atoms with E-state index in [1.165, 1.54) is 18.2 Å². The average Bonchev–Trinajstić information content (AvgIpc) is 2.15. The van der Waals surface area contributed by atoms with Gasteiger partial charge in [0, 0.05) is 30.9 Å². The van der Waals surface area contributed by atoms with Gasteiger partial charge in [0.25, 0.3) is 0 Å². The van der Waals surface area contributed by atoms with Gasteiger partial charge in [0.15, 0.2) is 0 Å². The topological polar surface area (TPSA) is 15.3 Å². The summed E-state index contributed by atoms with van der Waals surface area (Å²) in [6.07, 6.45) is 0. The lowest BCUT2D eigenvalue weighted by molar-refractivity contribution is 0.341. The maximum Gasteiger partial charge on any atom is 0.0492 e. The molecule has 2 heterocycles. The molecule has 0 aliphatic carbocycles. The Bertz CT molecular complexity index is 76.4. The molecule has 2 nitrogen and oxygen atoms in total. The minimum absolute atomic E-state index is 0.861. The summed E-state index contributed by atoms with van der Waals surface area (Å²) in [5.41, 5.74) is 0. The van der Waals surface area contributed by atoms with Crippen molar-refractivity contribution < 1.29 is 0 Å². The quantitative estimate of drug-likeness (QED) is 0.494. The fraction of sp³-hybridized carbons (Fsp3) is 1.00. The monoisotopic (exact) mass is 130 g/mol. The molecule has 0 aromatic carbocycles. The van der Waals surface area contributed by atoms with Crippen LogP contribution in [-0.4, -0.2) is 35.8 Å². The summed E-state index contributed by atoms with van der Waals surface area (Å²) in [5, 5.41) is 3.34. The number of nitrogens with one attached hydrogen (secondary N) is 1. The Hall–Kier alpha value is 0.270. The minimum Gasteiger partial charge on any atom is -0.303 e. The van der Waals surface area contributed by atoms with E-state index in [-0.39, 0.29) is 0 Å². The van der Waals surface area contributed by atoms with Crippen LogP contribution in [0.5, 0.6) is 0 Å². The van der Waals surface area contributed by atoms with Crippen LogP contribution in [0.1, 0.15) is 0 Å². The zero-order valence-electron chi connectivity index (χ0n) is 4.76. The van der Waals surface area contributed by atoms with Crippen LogP contribution in [0.4, 0.5) is 0 Å². The second-order valence-electron chi connectivity index (χ2n) is 2.35. The summed E-state index contributed by atoms with van der Waals surface area (Å²) in [7, 11) is 0. The lowest BCUT2D eigenvalue weighted by Crippen LogP contribution is -2.24.